The number of hydrogen-bond acceptors (Lipinski definition) is 3. The Morgan fingerprint density at radius 1 is 1.11 bits per heavy atom. The van der Waals surface area contributed by atoms with Crippen LogP contribution in [0.3, 0.4) is 0 Å². The van der Waals surface area contributed by atoms with Gasteiger partial charge < -0.3 is 10.5 Å². The van der Waals surface area contributed by atoms with Crippen LogP contribution in [-0.4, -0.2) is 18.3 Å². The third-order valence-electron chi connectivity index (χ3n) is 5.70. The van der Waals surface area contributed by atoms with Crippen molar-refractivity contribution < 1.29 is 4.74 Å². The molecule has 0 saturated carbocycles. The quantitative estimate of drug-likeness (QED) is 0.640. The summed E-state index contributed by atoms with van der Waals surface area (Å²) in [5.74, 6) is 2.14. The topological polar surface area (TPSA) is 71.5 Å². The molecule has 3 rings (SSSR count). The number of nitrogens with two attached hydrogens (primary N) is 1. The van der Waals surface area contributed by atoms with E-state index in [1.54, 1.807) is 0 Å². The standard InChI is InChI=1S/C24H33N3O/c1-6-8-9-15(7-2)14-28-21-12-17(24(3,4)5)10-16-11-19-20(13-18(16)21)23(26)27-22(19)25/h10-13,15H,6-9,14H2,1-5H3,(H3,25,26,27). The molecule has 3 N–H and O–H groups in total. The maximum Gasteiger partial charge on any atom is 0.154 e. The number of ether oxygens (including phenoxy) is 1. The molecule has 0 fully saturated rings. The van der Waals surface area contributed by atoms with Gasteiger partial charge in [0.15, 0.2) is 5.84 Å². The normalized spacial score (nSPS) is 14.9. The second-order valence-electron chi connectivity index (χ2n) is 8.92. The molecule has 1 heterocycles. The average molecular weight is 380 g/mol. The largest absolute Gasteiger partial charge is 0.493 e. The van der Waals surface area contributed by atoms with E-state index in [1.807, 2.05) is 12.1 Å². The highest BCUT2D eigenvalue weighted by Gasteiger charge is 2.23. The fourth-order valence-electron chi connectivity index (χ4n) is 3.68. The van der Waals surface area contributed by atoms with Crippen molar-refractivity contribution in [3.05, 3.63) is 41.0 Å². The highest BCUT2D eigenvalue weighted by molar-refractivity contribution is 6.22. The van der Waals surface area contributed by atoms with Gasteiger partial charge in [-0.3, -0.25) is 5.41 Å². The Morgan fingerprint density at radius 2 is 1.86 bits per heavy atom. The van der Waals surface area contributed by atoms with Crippen LogP contribution in [0.5, 0.6) is 5.75 Å². The lowest BCUT2D eigenvalue weighted by molar-refractivity contribution is 0.235. The second kappa shape index (κ2) is 7.94. The Labute approximate surface area is 168 Å². The molecule has 4 heteroatoms. The highest BCUT2D eigenvalue weighted by Crippen LogP contribution is 2.36. The number of hydrogen-bond donors (Lipinski definition) is 2. The van der Waals surface area contributed by atoms with Crippen molar-refractivity contribution in [1.29, 1.82) is 5.41 Å². The zero-order chi connectivity index (χ0) is 20.5. The van der Waals surface area contributed by atoms with Gasteiger partial charge in [0, 0.05) is 16.5 Å². The maximum absolute atomic E-state index is 8.09. The van der Waals surface area contributed by atoms with E-state index < -0.39 is 0 Å². The number of aliphatic imine (C=N–C) groups is 1. The van der Waals surface area contributed by atoms with Gasteiger partial charge in [0.25, 0.3) is 0 Å². The lowest BCUT2D eigenvalue weighted by Gasteiger charge is -2.23. The molecule has 1 aliphatic rings. The second-order valence-corrected chi connectivity index (χ2v) is 8.92. The Bertz CT molecular complexity index is 922. The van der Waals surface area contributed by atoms with Crippen LogP contribution in [0.1, 0.15) is 77.0 Å². The van der Waals surface area contributed by atoms with Gasteiger partial charge >= 0.3 is 0 Å². The number of nitrogens with one attached hydrogen (secondary N) is 1. The average Bonchev–Trinajstić information content (AvgIpc) is 2.92. The molecular weight excluding hydrogens is 346 g/mol. The minimum atomic E-state index is 0.0146. The van der Waals surface area contributed by atoms with Gasteiger partial charge in [0.2, 0.25) is 0 Å². The summed E-state index contributed by atoms with van der Waals surface area (Å²) < 4.78 is 6.39. The van der Waals surface area contributed by atoms with Crippen LogP contribution in [0.4, 0.5) is 0 Å². The van der Waals surface area contributed by atoms with Crippen molar-refractivity contribution in [1.82, 2.24) is 0 Å². The fourth-order valence-corrected chi connectivity index (χ4v) is 3.68. The Morgan fingerprint density at radius 3 is 2.50 bits per heavy atom. The first-order valence-corrected chi connectivity index (χ1v) is 10.4. The molecule has 2 aromatic rings. The summed E-state index contributed by atoms with van der Waals surface area (Å²) in [6.45, 7) is 11.8. The number of fused-ring (bicyclic) bond motifs is 2. The molecule has 1 atom stereocenters. The number of rotatable bonds is 7. The predicted octanol–water partition coefficient (Wildman–Crippen LogP) is 5.78. The summed E-state index contributed by atoms with van der Waals surface area (Å²) in [6.07, 6.45) is 4.79. The Hall–Kier alpha value is -2.36. The van der Waals surface area contributed by atoms with Crippen LogP contribution in [-0.2, 0) is 5.41 Å². The van der Waals surface area contributed by atoms with Crippen LogP contribution in [0.15, 0.2) is 29.3 Å². The molecule has 0 bridgehead atoms. The van der Waals surface area contributed by atoms with Crippen LogP contribution >= 0.6 is 0 Å². The van der Waals surface area contributed by atoms with E-state index in [-0.39, 0.29) is 11.3 Å². The Kier molecular flexibility index (Phi) is 5.78. The molecule has 0 aliphatic carbocycles. The third kappa shape index (κ3) is 4.06. The monoisotopic (exact) mass is 379 g/mol. The van der Waals surface area contributed by atoms with Gasteiger partial charge in [0.05, 0.1) is 6.61 Å². The number of nitrogens with zero attached hydrogens (tertiary/aromatic N) is 1. The van der Waals surface area contributed by atoms with Gasteiger partial charge in [-0.25, -0.2) is 4.99 Å². The van der Waals surface area contributed by atoms with E-state index in [1.165, 1.54) is 24.8 Å². The minimum Gasteiger partial charge on any atom is -0.493 e. The smallest absolute Gasteiger partial charge is 0.154 e. The molecule has 4 nitrogen and oxygen atoms in total. The van der Waals surface area contributed by atoms with E-state index in [9.17, 15) is 0 Å². The first-order valence-electron chi connectivity index (χ1n) is 10.4. The van der Waals surface area contributed by atoms with Gasteiger partial charge in [-0.1, -0.05) is 59.9 Å². The van der Waals surface area contributed by atoms with Crippen molar-refractivity contribution in [2.45, 2.75) is 65.7 Å². The molecule has 0 aromatic heterocycles. The third-order valence-corrected chi connectivity index (χ3v) is 5.70. The lowest BCUT2D eigenvalue weighted by atomic mass is 9.85. The van der Waals surface area contributed by atoms with Crippen LogP contribution < -0.4 is 10.5 Å². The van der Waals surface area contributed by atoms with Crippen molar-refractivity contribution in [2.24, 2.45) is 16.6 Å². The first-order chi connectivity index (χ1) is 13.2. The number of amidine groups is 2. The Balaban J connectivity index is 2.04. The summed E-state index contributed by atoms with van der Waals surface area (Å²) in [6, 6.07) is 8.46. The fraction of sp³-hybridized carbons (Fsp3) is 0.500. The zero-order valence-corrected chi connectivity index (χ0v) is 17.9. The molecule has 0 spiro atoms. The molecule has 2 aromatic carbocycles. The van der Waals surface area contributed by atoms with Gasteiger partial charge in [-0.05, 0) is 46.9 Å². The zero-order valence-electron chi connectivity index (χ0n) is 17.9. The summed E-state index contributed by atoms with van der Waals surface area (Å²) in [7, 11) is 0. The first kappa shape index (κ1) is 20.4. The molecular formula is C24H33N3O. The minimum absolute atomic E-state index is 0.0146. The van der Waals surface area contributed by atoms with E-state index in [4.69, 9.17) is 15.9 Å². The van der Waals surface area contributed by atoms with Crippen molar-refractivity contribution in [3.63, 3.8) is 0 Å². The predicted molar refractivity (Wildman–Crippen MR) is 119 cm³/mol. The maximum atomic E-state index is 8.09. The molecule has 0 amide bonds. The van der Waals surface area contributed by atoms with Crippen LogP contribution in [0, 0.1) is 11.3 Å². The van der Waals surface area contributed by atoms with Crippen molar-refractivity contribution in [3.8, 4) is 5.75 Å². The van der Waals surface area contributed by atoms with Gasteiger partial charge in [-0.15, -0.1) is 0 Å². The number of benzene rings is 2. The van der Waals surface area contributed by atoms with E-state index in [0.29, 0.717) is 11.8 Å². The summed E-state index contributed by atoms with van der Waals surface area (Å²) >= 11 is 0. The van der Waals surface area contributed by atoms with Gasteiger partial charge in [-0.2, -0.15) is 0 Å². The molecule has 150 valence electrons. The lowest BCUT2D eigenvalue weighted by Crippen LogP contribution is -2.14. The summed E-state index contributed by atoms with van der Waals surface area (Å²) in [4.78, 5) is 4.14. The molecule has 1 aliphatic heterocycles. The molecule has 1 unspecified atom stereocenters. The number of unbranched alkanes of at least 4 members (excludes halogenated alkanes) is 1. The van der Waals surface area contributed by atoms with Gasteiger partial charge in [0.1, 0.15) is 11.6 Å². The van der Waals surface area contributed by atoms with E-state index in [0.717, 1.165) is 40.7 Å². The van der Waals surface area contributed by atoms with E-state index in [2.05, 4.69) is 51.7 Å². The van der Waals surface area contributed by atoms with E-state index >= 15 is 0 Å². The molecule has 0 saturated heterocycles. The molecule has 28 heavy (non-hydrogen) atoms. The highest BCUT2D eigenvalue weighted by atomic mass is 16.5. The van der Waals surface area contributed by atoms with Crippen LogP contribution in [0.2, 0.25) is 0 Å². The molecule has 0 radical (unpaired) electrons. The van der Waals surface area contributed by atoms with Crippen LogP contribution in [0.25, 0.3) is 10.8 Å². The van der Waals surface area contributed by atoms with Crippen molar-refractivity contribution >= 4 is 22.4 Å². The SMILES string of the molecule is CCCCC(CC)COc1cc(C(C)(C)C)cc2cc3c(cc12)C(N)=NC3=N. The summed E-state index contributed by atoms with van der Waals surface area (Å²) in [5.41, 5.74) is 8.93. The summed E-state index contributed by atoms with van der Waals surface area (Å²) in [5, 5.41) is 10.2. The van der Waals surface area contributed by atoms with Crippen molar-refractivity contribution in [2.75, 3.05) is 6.61 Å².